The van der Waals surface area contributed by atoms with Crippen molar-refractivity contribution in [3.8, 4) is 28.3 Å². The van der Waals surface area contributed by atoms with E-state index in [1.807, 2.05) is 36.4 Å². The van der Waals surface area contributed by atoms with Gasteiger partial charge in [0.05, 0.1) is 16.7 Å². The van der Waals surface area contributed by atoms with Crippen LogP contribution in [0.1, 0.15) is 0 Å². The summed E-state index contributed by atoms with van der Waals surface area (Å²) in [5.74, 6) is 0.613. The summed E-state index contributed by atoms with van der Waals surface area (Å²) < 4.78 is 15.0. The first-order valence-corrected chi connectivity index (χ1v) is 13.7. The second-order valence-electron chi connectivity index (χ2n) is 10.4. The summed E-state index contributed by atoms with van der Waals surface area (Å²) in [6.07, 6.45) is 0. The molecule has 192 valence electrons. The molecule has 0 amide bonds. The van der Waals surface area contributed by atoms with Crippen LogP contribution in [0.4, 0.5) is 0 Å². The van der Waals surface area contributed by atoms with Gasteiger partial charge in [-0.3, -0.25) is 0 Å². The lowest BCUT2D eigenvalue weighted by molar-refractivity contribution is 0.620. The maximum atomic E-state index is 6.61. The van der Waals surface area contributed by atoms with Crippen LogP contribution in [0.5, 0.6) is 0 Å². The minimum absolute atomic E-state index is 0.613. The first-order valence-electron chi connectivity index (χ1n) is 13.7. The zero-order valence-corrected chi connectivity index (χ0v) is 21.9. The summed E-state index contributed by atoms with van der Waals surface area (Å²) in [5.41, 5.74) is 9.83. The number of hydrogen-bond donors (Lipinski definition) is 0. The largest absolute Gasteiger partial charge is 0.455 e. The molecule has 0 aliphatic rings. The number of aromatic nitrogens is 2. The monoisotopic (exact) mass is 526 g/mol. The summed E-state index contributed by atoms with van der Waals surface area (Å²) in [7, 11) is 0. The highest BCUT2D eigenvalue weighted by molar-refractivity contribution is 6.14. The van der Waals surface area contributed by atoms with E-state index in [1.165, 1.54) is 10.8 Å². The van der Waals surface area contributed by atoms with E-state index in [-0.39, 0.29) is 0 Å². The minimum atomic E-state index is 0.613. The lowest BCUT2D eigenvalue weighted by Crippen LogP contribution is -1.97. The molecule has 3 heterocycles. The Morgan fingerprint density at radius 1 is 0.463 bits per heavy atom. The van der Waals surface area contributed by atoms with Gasteiger partial charge in [0.25, 0.3) is 0 Å². The van der Waals surface area contributed by atoms with Crippen LogP contribution in [0.15, 0.2) is 142 Å². The molecule has 0 unspecified atom stereocenters. The standard InChI is InChI=1S/C37H22N2O2/c1-5-13-30-25(9-1)26-10-2-6-14-31(26)39(30)32-22-21-28-27-11-3-7-15-33(27)40-36(28)35(32)23-17-19-24(20-18-23)37-38-29-12-4-8-16-34(29)41-37/h1-22H. The van der Waals surface area contributed by atoms with E-state index in [2.05, 4.69) is 102 Å². The Kier molecular flexibility index (Phi) is 4.58. The van der Waals surface area contributed by atoms with E-state index in [1.54, 1.807) is 0 Å². The van der Waals surface area contributed by atoms with E-state index in [0.717, 1.165) is 66.4 Å². The Hall–Kier alpha value is -5.61. The third kappa shape index (κ3) is 3.25. The number of furan rings is 1. The molecule has 6 aromatic carbocycles. The molecular weight excluding hydrogens is 504 g/mol. The number of nitrogens with zero attached hydrogens (tertiary/aromatic N) is 2. The molecule has 0 bridgehead atoms. The van der Waals surface area contributed by atoms with Crippen molar-refractivity contribution in [1.29, 1.82) is 0 Å². The average molecular weight is 527 g/mol. The molecular formula is C37H22N2O2. The number of hydrogen-bond acceptors (Lipinski definition) is 3. The van der Waals surface area contributed by atoms with E-state index in [4.69, 9.17) is 13.8 Å². The maximum Gasteiger partial charge on any atom is 0.227 e. The normalized spacial score (nSPS) is 11.9. The van der Waals surface area contributed by atoms with Crippen molar-refractivity contribution in [3.63, 3.8) is 0 Å². The molecule has 0 atom stereocenters. The maximum absolute atomic E-state index is 6.61. The zero-order valence-electron chi connectivity index (χ0n) is 21.9. The summed E-state index contributed by atoms with van der Waals surface area (Å²) in [4.78, 5) is 4.70. The smallest absolute Gasteiger partial charge is 0.227 e. The lowest BCUT2D eigenvalue weighted by Gasteiger charge is -2.15. The van der Waals surface area contributed by atoms with Crippen LogP contribution in [0, 0.1) is 0 Å². The first-order chi connectivity index (χ1) is 20.3. The molecule has 9 rings (SSSR count). The Labute approximate surface area is 234 Å². The van der Waals surface area contributed by atoms with Gasteiger partial charge in [-0.1, -0.05) is 78.9 Å². The zero-order chi connectivity index (χ0) is 26.9. The van der Waals surface area contributed by atoms with Crippen LogP contribution >= 0.6 is 0 Å². The van der Waals surface area contributed by atoms with Crippen molar-refractivity contribution in [2.45, 2.75) is 0 Å². The van der Waals surface area contributed by atoms with Crippen molar-refractivity contribution in [3.05, 3.63) is 133 Å². The Morgan fingerprint density at radius 2 is 1.07 bits per heavy atom. The second-order valence-corrected chi connectivity index (χ2v) is 10.4. The average Bonchev–Trinajstić information content (AvgIpc) is 3.72. The molecule has 0 saturated heterocycles. The fourth-order valence-electron chi connectivity index (χ4n) is 6.20. The van der Waals surface area contributed by atoms with Crippen molar-refractivity contribution >= 4 is 54.8 Å². The number of rotatable bonds is 3. The van der Waals surface area contributed by atoms with Crippen LogP contribution in [0.2, 0.25) is 0 Å². The third-order valence-corrected chi connectivity index (χ3v) is 8.06. The number of para-hydroxylation sites is 5. The van der Waals surface area contributed by atoms with Gasteiger partial charge in [0.15, 0.2) is 5.58 Å². The highest BCUT2D eigenvalue weighted by atomic mass is 16.3. The molecule has 0 aliphatic carbocycles. The first kappa shape index (κ1) is 22.2. The quantitative estimate of drug-likeness (QED) is 0.230. The molecule has 0 fully saturated rings. The highest BCUT2D eigenvalue weighted by Crippen LogP contribution is 2.43. The van der Waals surface area contributed by atoms with Crippen LogP contribution < -0.4 is 0 Å². The molecule has 4 nitrogen and oxygen atoms in total. The SMILES string of the molecule is c1ccc2oc(-c3ccc(-c4c(-n5c6ccccc6c6ccccc65)ccc5c4oc4ccccc45)cc3)nc2c1. The van der Waals surface area contributed by atoms with E-state index < -0.39 is 0 Å². The Morgan fingerprint density at radius 3 is 1.80 bits per heavy atom. The van der Waals surface area contributed by atoms with Gasteiger partial charge >= 0.3 is 0 Å². The second kappa shape index (κ2) is 8.44. The fourth-order valence-corrected chi connectivity index (χ4v) is 6.20. The molecule has 0 spiro atoms. The van der Waals surface area contributed by atoms with Gasteiger partial charge in [-0.2, -0.15) is 0 Å². The molecule has 3 aromatic heterocycles. The van der Waals surface area contributed by atoms with Crippen molar-refractivity contribution in [2.24, 2.45) is 0 Å². The molecule has 9 aromatic rings. The summed E-state index contributed by atoms with van der Waals surface area (Å²) in [6.45, 7) is 0. The molecule has 41 heavy (non-hydrogen) atoms. The molecule has 0 saturated carbocycles. The highest BCUT2D eigenvalue weighted by Gasteiger charge is 2.21. The Bertz CT molecular complexity index is 2340. The van der Waals surface area contributed by atoms with E-state index in [9.17, 15) is 0 Å². The van der Waals surface area contributed by atoms with Gasteiger partial charge in [0.1, 0.15) is 16.7 Å². The van der Waals surface area contributed by atoms with Crippen molar-refractivity contribution < 1.29 is 8.83 Å². The van der Waals surface area contributed by atoms with E-state index >= 15 is 0 Å². The molecule has 0 radical (unpaired) electrons. The molecule has 0 N–H and O–H groups in total. The summed E-state index contributed by atoms with van der Waals surface area (Å²) in [6, 6.07) is 46.2. The fraction of sp³-hybridized carbons (Fsp3) is 0. The van der Waals surface area contributed by atoms with Gasteiger partial charge in [-0.25, -0.2) is 4.98 Å². The summed E-state index contributed by atoms with van der Waals surface area (Å²) >= 11 is 0. The van der Waals surface area contributed by atoms with Gasteiger partial charge in [-0.05, 0) is 60.2 Å². The number of benzene rings is 6. The van der Waals surface area contributed by atoms with Crippen LogP contribution in [-0.2, 0) is 0 Å². The van der Waals surface area contributed by atoms with Gasteiger partial charge in [0, 0.05) is 32.7 Å². The van der Waals surface area contributed by atoms with Crippen LogP contribution in [-0.4, -0.2) is 9.55 Å². The predicted molar refractivity (Wildman–Crippen MR) is 166 cm³/mol. The van der Waals surface area contributed by atoms with Gasteiger partial charge < -0.3 is 13.4 Å². The van der Waals surface area contributed by atoms with Crippen LogP contribution in [0.25, 0.3) is 83.1 Å². The van der Waals surface area contributed by atoms with Crippen LogP contribution in [0.3, 0.4) is 0 Å². The van der Waals surface area contributed by atoms with Crippen molar-refractivity contribution in [2.75, 3.05) is 0 Å². The number of fused-ring (bicyclic) bond motifs is 7. The third-order valence-electron chi connectivity index (χ3n) is 8.06. The summed E-state index contributed by atoms with van der Waals surface area (Å²) in [5, 5.41) is 4.67. The van der Waals surface area contributed by atoms with E-state index in [0.29, 0.717) is 5.89 Å². The topological polar surface area (TPSA) is 44.1 Å². The van der Waals surface area contributed by atoms with Crippen molar-refractivity contribution in [1.82, 2.24) is 9.55 Å². The lowest BCUT2D eigenvalue weighted by atomic mass is 9.98. The molecule has 4 heteroatoms. The minimum Gasteiger partial charge on any atom is -0.455 e. The number of oxazole rings is 1. The van der Waals surface area contributed by atoms with Gasteiger partial charge in [0.2, 0.25) is 5.89 Å². The van der Waals surface area contributed by atoms with Gasteiger partial charge in [-0.15, -0.1) is 0 Å². The predicted octanol–water partition coefficient (Wildman–Crippen LogP) is 10.2. The Balaban J connectivity index is 1.33. The molecule has 0 aliphatic heterocycles.